The first-order valence-corrected chi connectivity index (χ1v) is 7.34. The van der Waals surface area contributed by atoms with Crippen molar-refractivity contribution < 1.29 is 9.53 Å². The number of morpholine rings is 1. The van der Waals surface area contributed by atoms with Gasteiger partial charge in [0.25, 0.3) is 0 Å². The molecule has 2 saturated heterocycles. The number of ether oxygens (including phenoxy) is 1. The van der Waals surface area contributed by atoms with Crippen molar-refractivity contribution in [2.75, 3.05) is 72.1 Å². The summed E-state index contributed by atoms with van der Waals surface area (Å²) in [5.74, 6) is 0.156. The smallest absolute Gasteiger partial charge is 0.234 e. The minimum atomic E-state index is 0.156. The molecule has 0 saturated carbocycles. The van der Waals surface area contributed by atoms with Gasteiger partial charge in [-0.2, -0.15) is 0 Å². The molecule has 0 spiro atoms. The Bertz CT molecular complexity index is 263. The molecule has 19 heavy (non-hydrogen) atoms. The Kier molecular flexibility index (Phi) is 6.56. The van der Waals surface area contributed by atoms with E-state index < -0.39 is 0 Å². The zero-order chi connectivity index (χ0) is 13.3. The van der Waals surface area contributed by atoms with Crippen LogP contribution in [0.25, 0.3) is 0 Å². The van der Waals surface area contributed by atoms with Crippen molar-refractivity contribution in [2.24, 2.45) is 0 Å². The van der Waals surface area contributed by atoms with Gasteiger partial charge >= 0.3 is 0 Å². The minimum Gasteiger partial charge on any atom is -0.379 e. The van der Waals surface area contributed by atoms with Crippen LogP contribution >= 0.6 is 0 Å². The average Bonchev–Trinajstić information content (AvgIpc) is 2.46. The molecule has 0 unspecified atom stereocenters. The van der Waals surface area contributed by atoms with E-state index in [1.165, 1.54) is 0 Å². The number of hydrogen-bond donors (Lipinski definition) is 2. The number of rotatable bonds is 6. The maximum absolute atomic E-state index is 11.8. The van der Waals surface area contributed by atoms with Crippen molar-refractivity contribution >= 4 is 5.91 Å². The summed E-state index contributed by atoms with van der Waals surface area (Å²) in [4.78, 5) is 16.4. The molecule has 2 fully saturated rings. The summed E-state index contributed by atoms with van der Waals surface area (Å²) in [5, 5.41) is 6.30. The van der Waals surface area contributed by atoms with Crippen LogP contribution in [0.1, 0.15) is 6.42 Å². The molecule has 2 aliphatic heterocycles. The molecule has 0 atom stereocenters. The maximum Gasteiger partial charge on any atom is 0.234 e. The van der Waals surface area contributed by atoms with Gasteiger partial charge in [0.2, 0.25) is 5.91 Å². The number of nitrogens with zero attached hydrogens (tertiary/aromatic N) is 2. The van der Waals surface area contributed by atoms with Crippen LogP contribution in [0, 0.1) is 0 Å². The first kappa shape index (κ1) is 14.7. The molecule has 0 bridgehead atoms. The lowest BCUT2D eigenvalue weighted by Gasteiger charge is -2.27. The van der Waals surface area contributed by atoms with Gasteiger partial charge in [0.05, 0.1) is 19.8 Å². The minimum absolute atomic E-state index is 0.156. The number of hydrogen-bond acceptors (Lipinski definition) is 5. The Labute approximate surface area is 115 Å². The number of nitrogens with one attached hydrogen (secondary N) is 2. The zero-order valence-electron chi connectivity index (χ0n) is 11.7. The normalized spacial score (nSPS) is 22.3. The molecule has 0 aromatic carbocycles. The van der Waals surface area contributed by atoms with Gasteiger partial charge in [-0.15, -0.1) is 0 Å². The van der Waals surface area contributed by atoms with Gasteiger partial charge in [-0.3, -0.25) is 14.6 Å². The number of carbonyl (C=O) groups is 1. The molecule has 0 aromatic heterocycles. The molecule has 2 aliphatic rings. The van der Waals surface area contributed by atoms with E-state index in [4.69, 9.17) is 4.74 Å². The van der Waals surface area contributed by atoms with Crippen LogP contribution in [0.4, 0.5) is 0 Å². The second kappa shape index (κ2) is 8.47. The van der Waals surface area contributed by atoms with Crippen LogP contribution in [0.15, 0.2) is 0 Å². The van der Waals surface area contributed by atoms with E-state index in [0.717, 1.165) is 72.0 Å². The topological polar surface area (TPSA) is 56.8 Å². The summed E-state index contributed by atoms with van der Waals surface area (Å²) >= 11 is 0. The highest BCUT2D eigenvalue weighted by atomic mass is 16.5. The third-order valence-corrected chi connectivity index (χ3v) is 3.65. The molecular formula is C13H26N4O2. The quantitative estimate of drug-likeness (QED) is 0.590. The molecule has 2 N–H and O–H groups in total. The second-order valence-electron chi connectivity index (χ2n) is 5.18. The van der Waals surface area contributed by atoms with Crippen molar-refractivity contribution in [2.45, 2.75) is 6.42 Å². The summed E-state index contributed by atoms with van der Waals surface area (Å²) in [6.45, 7) is 10.0. The van der Waals surface area contributed by atoms with E-state index in [2.05, 4.69) is 20.4 Å². The number of piperazine rings is 1. The molecule has 6 nitrogen and oxygen atoms in total. The van der Waals surface area contributed by atoms with Gasteiger partial charge in [0.15, 0.2) is 0 Å². The molecule has 110 valence electrons. The second-order valence-corrected chi connectivity index (χ2v) is 5.18. The Morgan fingerprint density at radius 3 is 2.58 bits per heavy atom. The lowest BCUT2D eigenvalue weighted by Crippen LogP contribution is -2.47. The van der Waals surface area contributed by atoms with Gasteiger partial charge in [0.1, 0.15) is 0 Å². The molecule has 2 rings (SSSR count). The fourth-order valence-corrected chi connectivity index (χ4v) is 2.48. The highest BCUT2D eigenvalue weighted by Crippen LogP contribution is 1.97. The fourth-order valence-electron chi connectivity index (χ4n) is 2.48. The van der Waals surface area contributed by atoms with Crippen LogP contribution in [0.2, 0.25) is 0 Å². The molecule has 1 amide bonds. The van der Waals surface area contributed by atoms with E-state index >= 15 is 0 Å². The monoisotopic (exact) mass is 270 g/mol. The molecule has 6 heteroatoms. The summed E-state index contributed by atoms with van der Waals surface area (Å²) in [5.41, 5.74) is 0. The van der Waals surface area contributed by atoms with Crippen LogP contribution in [-0.2, 0) is 9.53 Å². The maximum atomic E-state index is 11.8. The highest BCUT2D eigenvalue weighted by Gasteiger charge is 2.13. The predicted molar refractivity (Wildman–Crippen MR) is 74.2 cm³/mol. The van der Waals surface area contributed by atoms with Crippen molar-refractivity contribution in [3.8, 4) is 0 Å². The third kappa shape index (κ3) is 5.86. The number of amides is 1. The van der Waals surface area contributed by atoms with Gasteiger partial charge < -0.3 is 15.4 Å². The Morgan fingerprint density at radius 2 is 1.84 bits per heavy atom. The standard InChI is InChI=1S/C13H26N4O2/c18-13(12-17-6-3-14-4-7-17)15-2-1-5-16-8-10-19-11-9-16/h14H,1-12H2,(H,15,18). The van der Waals surface area contributed by atoms with Crippen LogP contribution < -0.4 is 10.6 Å². The van der Waals surface area contributed by atoms with Gasteiger partial charge in [-0.05, 0) is 13.0 Å². The van der Waals surface area contributed by atoms with E-state index in [1.807, 2.05) is 0 Å². The summed E-state index contributed by atoms with van der Waals surface area (Å²) in [6.07, 6.45) is 1.02. The van der Waals surface area contributed by atoms with Crippen molar-refractivity contribution in [3.05, 3.63) is 0 Å². The van der Waals surface area contributed by atoms with E-state index in [-0.39, 0.29) is 5.91 Å². The third-order valence-electron chi connectivity index (χ3n) is 3.65. The SMILES string of the molecule is O=C(CN1CCNCC1)NCCCN1CCOCC1. The van der Waals surface area contributed by atoms with Gasteiger partial charge in [-0.25, -0.2) is 0 Å². The Morgan fingerprint density at radius 1 is 1.11 bits per heavy atom. The lowest BCUT2D eigenvalue weighted by atomic mass is 10.3. The fraction of sp³-hybridized carbons (Fsp3) is 0.923. The van der Waals surface area contributed by atoms with Crippen LogP contribution in [0.5, 0.6) is 0 Å². The average molecular weight is 270 g/mol. The molecule has 2 heterocycles. The highest BCUT2D eigenvalue weighted by molar-refractivity contribution is 5.77. The van der Waals surface area contributed by atoms with Crippen LogP contribution in [0.3, 0.4) is 0 Å². The van der Waals surface area contributed by atoms with Crippen molar-refractivity contribution in [1.29, 1.82) is 0 Å². The van der Waals surface area contributed by atoms with E-state index in [9.17, 15) is 4.79 Å². The molecular weight excluding hydrogens is 244 g/mol. The summed E-state index contributed by atoms with van der Waals surface area (Å²) < 4.78 is 5.31. The van der Waals surface area contributed by atoms with Gasteiger partial charge in [-0.1, -0.05) is 0 Å². The summed E-state index contributed by atoms with van der Waals surface area (Å²) in [7, 11) is 0. The van der Waals surface area contributed by atoms with E-state index in [1.54, 1.807) is 0 Å². The van der Waals surface area contributed by atoms with Crippen molar-refractivity contribution in [1.82, 2.24) is 20.4 Å². The predicted octanol–water partition coefficient (Wildman–Crippen LogP) is -1.27. The number of carbonyl (C=O) groups excluding carboxylic acids is 1. The van der Waals surface area contributed by atoms with E-state index in [0.29, 0.717) is 6.54 Å². The van der Waals surface area contributed by atoms with Gasteiger partial charge in [0, 0.05) is 45.8 Å². The molecule has 0 aliphatic carbocycles. The summed E-state index contributed by atoms with van der Waals surface area (Å²) in [6, 6.07) is 0. The first-order valence-electron chi connectivity index (χ1n) is 7.34. The Hall–Kier alpha value is -0.690. The first-order chi connectivity index (χ1) is 9.34. The zero-order valence-corrected chi connectivity index (χ0v) is 11.7. The van der Waals surface area contributed by atoms with Crippen molar-refractivity contribution in [3.63, 3.8) is 0 Å². The molecule has 0 aromatic rings. The largest absolute Gasteiger partial charge is 0.379 e. The molecule has 0 radical (unpaired) electrons. The Balaban J connectivity index is 1.48. The van der Waals surface area contributed by atoms with Crippen LogP contribution in [-0.4, -0.2) is 87.8 Å². The lowest BCUT2D eigenvalue weighted by molar-refractivity contribution is -0.122.